The van der Waals surface area contributed by atoms with E-state index in [1.165, 1.54) is 6.07 Å². The number of aliphatic hydroxyl groups is 1. The predicted molar refractivity (Wildman–Crippen MR) is 75.0 cm³/mol. The largest absolute Gasteiger partial charge is 0.387 e. The van der Waals surface area contributed by atoms with E-state index < -0.39 is 11.0 Å². The summed E-state index contributed by atoms with van der Waals surface area (Å²) >= 11 is 3.23. The minimum atomic E-state index is -0.607. The minimum Gasteiger partial charge on any atom is -0.387 e. The molecule has 6 heteroatoms. The zero-order valence-corrected chi connectivity index (χ0v) is 11.9. The highest BCUT2D eigenvalue weighted by molar-refractivity contribution is 9.10. The molecule has 0 saturated carbocycles. The van der Waals surface area contributed by atoms with Gasteiger partial charge in [-0.2, -0.15) is 0 Å². The Kier molecular flexibility index (Phi) is 4.01. The number of nitrogens with zero attached hydrogens (tertiary/aromatic N) is 2. The lowest BCUT2D eigenvalue weighted by Crippen LogP contribution is -2.07. The maximum atomic E-state index is 11.0. The van der Waals surface area contributed by atoms with E-state index in [2.05, 4.69) is 15.9 Å². The Labute approximate surface area is 118 Å². The number of benzene rings is 1. The highest BCUT2D eigenvalue weighted by atomic mass is 79.9. The lowest BCUT2D eigenvalue weighted by atomic mass is 10.1. The van der Waals surface area contributed by atoms with Crippen LogP contribution in [-0.2, 0) is 6.54 Å². The van der Waals surface area contributed by atoms with Crippen molar-refractivity contribution in [3.05, 3.63) is 62.4 Å². The molecule has 2 rings (SSSR count). The van der Waals surface area contributed by atoms with Crippen molar-refractivity contribution in [2.45, 2.75) is 19.6 Å². The van der Waals surface area contributed by atoms with Crippen LogP contribution in [0.25, 0.3) is 0 Å². The van der Waals surface area contributed by atoms with E-state index in [1.54, 1.807) is 35.9 Å². The fraction of sp³-hybridized carbons (Fsp3) is 0.231. The molecule has 0 aliphatic carbocycles. The first-order chi connectivity index (χ1) is 8.99. The highest BCUT2D eigenvalue weighted by Crippen LogP contribution is 2.25. The number of aliphatic hydroxyl groups excluding tert-OH is 1. The Balaban J connectivity index is 2.38. The van der Waals surface area contributed by atoms with E-state index in [-0.39, 0.29) is 5.69 Å². The molecule has 0 aliphatic rings. The fourth-order valence-electron chi connectivity index (χ4n) is 1.97. The number of aromatic nitrogens is 1. The summed E-state index contributed by atoms with van der Waals surface area (Å²) < 4.78 is 2.48. The summed E-state index contributed by atoms with van der Waals surface area (Å²) in [5.41, 5.74) is 1.41. The molecule has 1 aromatic carbocycles. The maximum Gasteiger partial charge on any atom is 0.275 e. The summed E-state index contributed by atoms with van der Waals surface area (Å²) in [4.78, 5) is 10.7. The molecular formula is C13H13BrN2O3. The van der Waals surface area contributed by atoms with Crippen LogP contribution in [0.1, 0.15) is 24.3 Å². The van der Waals surface area contributed by atoms with Crippen LogP contribution in [0.2, 0.25) is 0 Å². The first-order valence-electron chi connectivity index (χ1n) is 5.75. The number of nitro groups is 1. The molecule has 1 heterocycles. The molecule has 1 N–H and O–H groups in total. The van der Waals surface area contributed by atoms with Crippen molar-refractivity contribution in [3.8, 4) is 0 Å². The first-order valence-corrected chi connectivity index (χ1v) is 6.54. The van der Waals surface area contributed by atoms with Gasteiger partial charge in [0.05, 0.1) is 17.6 Å². The van der Waals surface area contributed by atoms with E-state index in [0.717, 1.165) is 5.69 Å². The molecular weight excluding hydrogens is 312 g/mol. The van der Waals surface area contributed by atoms with Crippen molar-refractivity contribution >= 4 is 21.6 Å². The van der Waals surface area contributed by atoms with E-state index in [9.17, 15) is 15.2 Å². The van der Waals surface area contributed by atoms with Crippen molar-refractivity contribution in [2.24, 2.45) is 0 Å². The predicted octanol–water partition coefficient (Wildman–Crippen LogP) is 3.26. The van der Waals surface area contributed by atoms with Crippen molar-refractivity contribution in [1.29, 1.82) is 0 Å². The van der Waals surface area contributed by atoms with Crippen molar-refractivity contribution in [1.82, 2.24) is 4.57 Å². The standard InChI is InChI=1S/C13H13BrN2O3/c1-9(17)12-3-2-6-15(12)8-10-4-5-11(14)7-13(10)16(18)19/h2-7,9,17H,8H2,1H3. The Bertz CT molecular complexity index is 608. The molecule has 1 atom stereocenters. The molecule has 19 heavy (non-hydrogen) atoms. The summed E-state index contributed by atoms with van der Waals surface area (Å²) in [5.74, 6) is 0. The maximum absolute atomic E-state index is 11.0. The van der Waals surface area contributed by atoms with Gasteiger partial charge in [0.25, 0.3) is 5.69 Å². The van der Waals surface area contributed by atoms with Crippen LogP contribution in [-0.4, -0.2) is 14.6 Å². The quantitative estimate of drug-likeness (QED) is 0.693. The van der Waals surface area contributed by atoms with Gasteiger partial charge in [-0.1, -0.05) is 15.9 Å². The van der Waals surface area contributed by atoms with Crippen LogP contribution in [0.4, 0.5) is 5.69 Å². The molecule has 0 bridgehead atoms. The average Bonchev–Trinajstić information content (AvgIpc) is 2.79. The average molecular weight is 325 g/mol. The van der Waals surface area contributed by atoms with E-state index in [4.69, 9.17) is 0 Å². The van der Waals surface area contributed by atoms with E-state index >= 15 is 0 Å². The van der Waals surface area contributed by atoms with Crippen LogP contribution >= 0.6 is 15.9 Å². The second-order valence-electron chi connectivity index (χ2n) is 4.27. The van der Waals surface area contributed by atoms with Gasteiger partial charge in [-0.25, -0.2) is 0 Å². The van der Waals surface area contributed by atoms with Gasteiger partial charge in [-0.05, 0) is 31.2 Å². The van der Waals surface area contributed by atoms with Gasteiger partial charge in [0.2, 0.25) is 0 Å². The van der Waals surface area contributed by atoms with Crippen molar-refractivity contribution < 1.29 is 10.0 Å². The van der Waals surface area contributed by atoms with E-state index in [0.29, 0.717) is 16.6 Å². The van der Waals surface area contributed by atoms with Gasteiger partial charge in [0.15, 0.2) is 0 Å². The second kappa shape index (κ2) is 5.54. The highest BCUT2D eigenvalue weighted by Gasteiger charge is 2.16. The van der Waals surface area contributed by atoms with Crippen LogP contribution in [0.15, 0.2) is 41.0 Å². The summed E-state index contributed by atoms with van der Waals surface area (Å²) in [7, 11) is 0. The monoisotopic (exact) mass is 324 g/mol. The Morgan fingerprint density at radius 3 is 2.84 bits per heavy atom. The third-order valence-electron chi connectivity index (χ3n) is 2.88. The van der Waals surface area contributed by atoms with Gasteiger partial charge in [-0.15, -0.1) is 0 Å². The molecule has 2 aromatic rings. The fourth-order valence-corrected chi connectivity index (χ4v) is 2.32. The summed E-state index contributed by atoms with van der Waals surface area (Å²) in [5, 5.41) is 20.7. The van der Waals surface area contributed by atoms with Crippen molar-refractivity contribution in [3.63, 3.8) is 0 Å². The molecule has 0 saturated heterocycles. The lowest BCUT2D eigenvalue weighted by molar-refractivity contribution is -0.385. The van der Waals surface area contributed by atoms with Crippen LogP contribution in [0.3, 0.4) is 0 Å². The van der Waals surface area contributed by atoms with E-state index in [1.807, 2.05) is 6.07 Å². The minimum absolute atomic E-state index is 0.0691. The summed E-state index contributed by atoms with van der Waals surface area (Å²) in [6.07, 6.45) is 1.19. The number of hydrogen-bond acceptors (Lipinski definition) is 3. The smallest absolute Gasteiger partial charge is 0.275 e. The van der Waals surface area contributed by atoms with Gasteiger partial charge in [0, 0.05) is 28.0 Å². The summed E-state index contributed by atoms with van der Waals surface area (Å²) in [6.45, 7) is 2.03. The SMILES string of the molecule is CC(O)c1cccn1Cc1ccc(Br)cc1[N+](=O)[O-]. The topological polar surface area (TPSA) is 68.3 Å². The lowest BCUT2D eigenvalue weighted by Gasteiger charge is -2.11. The van der Waals surface area contributed by atoms with Crippen LogP contribution in [0.5, 0.6) is 0 Å². The third kappa shape index (κ3) is 3.02. The molecule has 0 spiro atoms. The van der Waals surface area contributed by atoms with Gasteiger partial charge in [0.1, 0.15) is 0 Å². The van der Waals surface area contributed by atoms with Crippen LogP contribution in [0, 0.1) is 10.1 Å². The zero-order valence-electron chi connectivity index (χ0n) is 10.3. The second-order valence-corrected chi connectivity index (χ2v) is 5.18. The van der Waals surface area contributed by atoms with Crippen LogP contribution < -0.4 is 0 Å². The molecule has 1 aromatic heterocycles. The number of rotatable bonds is 4. The number of nitro benzene ring substituents is 1. The van der Waals surface area contributed by atoms with Gasteiger partial charge < -0.3 is 9.67 Å². The van der Waals surface area contributed by atoms with Gasteiger partial charge >= 0.3 is 0 Å². The molecule has 100 valence electrons. The number of hydrogen-bond donors (Lipinski definition) is 1. The summed E-state index contributed by atoms with van der Waals surface area (Å²) in [6, 6.07) is 8.59. The molecule has 0 radical (unpaired) electrons. The molecule has 5 nitrogen and oxygen atoms in total. The molecule has 0 amide bonds. The molecule has 0 aliphatic heterocycles. The Hall–Kier alpha value is -1.66. The third-order valence-corrected chi connectivity index (χ3v) is 3.37. The first kappa shape index (κ1) is 13.8. The van der Waals surface area contributed by atoms with Crippen molar-refractivity contribution in [2.75, 3.05) is 0 Å². The Morgan fingerprint density at radius 1 is 1.47 bits per heavy atom. The zero-order chi connectivity index (χ0) is 14.0. The molecule has 0 fully saturated rings. The normalized spacial score (nSPS) is 12.4. The van der Waals surface area contributed by atoms with Gasteiger partial charge in [-0.3, -0.25) is 10.1 Å². The molecule has 1 unspecified atom stereocenters. The Morgan fingerprint density at radius 2 is 2.21 bits per heavy atom. The number of halogens is 1.